The average Bonchev–Trinajstić information content (AvgIpc) is 3.52. The molecule has 6 rings (SSSR count). The lowest BCUT2D eigenvalue weighted by atomic mass is 10.0. The van der Waals surface area contributed by atoms with E-state index in [-0.39, 0.29) is 23.4 Å². The highest BCUT2D eigenvalue weighted by molar-refractivity contribution is 7.89. The van der Waals surface area contributed by atoms with Crippen molar-refractivity contribution in [2.75, 3.05) is 5.32 Å². The van der Waals surface area contributed by atoms with Crippen molar-refractivity contribution in [3.05, 3.63) is 101 Å². The quantitative estimate of drug-likeness (QED) is 0.259. The van der Waals surface area contributed by atoms with Crippen LogP contribution in [0.25, 0.3) is 21.0 Å². The zero-order chi connectivity index (χ0) is 26.4. The van der Waals surface area contributed by atoms with Crippen LogP contribution < -0.4 is 5.32 Å². The van der Waals surface area contributed by atoms with E-state index in [9.17, 15) is 13.2 Å². The second-order valence-corrected chi connectivity index (χ2v) is 12.8. The Hall–Kier alpha value is -3.59. The summed E-state index contributed by atoms with van der Waals surface area (Å²) in [6.07, 6.45) is 2.08. The fraction of sp³-hybridized carbons (Fsp3) is 0.200. The summed E-state index contributed by atoms with van der Waals surface area (Å²) in [7, 11) is -3.75. The van der Waals surface area contributed by atoms with Gasteiger partial charge in [-0.1, -0.05) is 59.9 Å². The molecule has 5 aromatic rings. The Bertz CT molecular complexity index is 1780. The number of carbonyl (C=O) groups is 1. The van der Waals surface area contributed by atoms with Crippen molar-refractivity contribution in [2.45, 2.75) is 44.2 Å². The molecule has 1 aliphatic carbocycles. The summed E-state index contributed by atoms with van der Waals surface area (Å²) in [5, 5.41) is 5.86. The van der Waals surface area contributed by atoms with Gasteiger partial charge in [-0.3, -0.25) is 10.1 Å². The van der Waals surface area contributed by atoms with Crippen LogP contribution in [-0.2, 0) is 29.4 Å². The predicted octanol–water partition coefficient (Wildman–Crippen LogP) is 6.40. The molecule has 0 saturated carbocycles. The highest BCUT2D eigenvalue weighted by atomic mass is 32.2. The number of carbonyl (C=O) groups excluding carboxylic acids is 1. The third-order valence-electron chi connectivity index (χ3n) is 7.05. The predicted molar refractivity (Wildman–Crippen MR) is 153 cm³/mol. The third kappa shape index (κ3) is 4.38. The van der Waals surface area contributed by atoms with Gasteiger partial charge in [0.15, 0.2) is 5.13 Å². The van der Waals surface area contributed by atoms with E-state index < -0.39 is 10.0 Å². The molecule has 1 aliphatic rings. The van der Waals surface area contributed by atoms with E-state index in [0.29, 0.717) is 10.7 Å². The standard InChI is InChI=1S/C30H27N3O3S2/c1-19(2)33(18-20-7-4-3-5-8-20)38(35,36)24-15-13-22(14-16-24)29(34)32-30-31-28-25-10-6-9-21-11-12-23(27(21)25)17-26(28)37-30/h3-10,13-17,19H,11-12,18H2,1-2H3,(H,31,32,34). The number of anilines is 1. The number of thiazole rings is 1. The molecule has 0 radical (unpaired) electrons. The van der Waals surface area contributed by atoms with Gasteiger partial charge in [0, 0.05) is 23.5 Å². The molecule has 0 atom stereocenters. The average molecular weight is 542 g/mol. The zero-order valence-electron chi connectivity index (χ0n) is 21.1. The van der Waals surface area contributed by atoms with E-state index in [0.717, 1.165) is 34.0 Å². The lowest BCUT2D eigenvalue weighted by molar-refractivity contribution is 0.102. The maximum atomic E-state index is 13.4. The number of amides is 1. The van der Waals surface area contributed by atoms with Crippen molar-refractivity contribution in [2.24, 2.45) is 0 Å². The minimum absolute atomic E-state index is 0.155. The zero-order valence-corrected chi connectivity index (χ0v) is 22.8. The monoisotopic (exact) mass is 541 g/mol. The van der Waals surface area contributed by atoms with Crippen LogP contribution in [-0.4, -0.2) is 29.7 Å². The molecule has 8 heteroatoms. The maximum Gasteiger partial charge on any atom is 0.257 e. The molecule has 0 unspecified atom stereocenters. The molecule has 0 aliphatic heterocycles. The second kappa shape index (κ2) is 9.62. The van der Waals surface area contributed by atoms with Gasteiger partial charge in [0.05, 0.1) is 15.1 Å². The van der Waals surface area contributed by atoms with Crippen molar-refractivity contribution in [1.29, 1.82) is 0 Å². The van der Waals surface area contributed by atoms with Crippen LogP contribution in [0.2, 0.25) is 0 Å². The van der Waals surface area contributed by atoms with Gasteiger partial charge in [-0.05, 0) is 79.1 Å². The van der Waals surface area contributed by atoms with Crippen molar-refractivity contribution in [3.63, 3.8) is 0 Å². The van der Waals surface area contributed by atoms with Crippen LogP contribution in [0.1, 0.15) is 40.9 Å². The molecule has 4 aromatic carbocycles. The molecule has 38 heavy (non-hydrogen) atoms. The summed E-state index contributed by atoms with van der Waals surface area (Å²) in [4.78, 5) is 17.9. The summed E-state index contributed by atoms with van der Waals surface area (Å²) < 4.78 is 29.4. The van der Waals surface area contributed by atoms with Crippen molar-refractivity contribution in [3.8, 4) is 0 Å². The largest absolute Gasteiger partial charge is 0.298 e. The Morgan fingerprint density at radius 1 is 0.974 bits per heavy atom. The number of nitrogens with zero attached hydrogens (tertiary/aromatic N) is 2. The van der Waals surface area contributed by atoms with E-state index >= 15 is 0 Å². The maximum absolute atomic E-state index is 13.4. The van der Waals surface area contributed by atoms with Crippen molar-refractivity contribution < 1.29 is 13.2 Å². The topological polar surface area (TPSA) is 79.4 Å². The lowest BCUT2D eigenvalue weighted by Gasteiger charge is -2.26. The lowest BCUT2D eigenvalue weighted by Crippen LogP contribution is -2.36. The molecule has 0 saturated heterocycles. The number of benzene rings is 4. The van der Waals surface area contributed by atoms with Crippen molar-refractivity contribution in [1.82, 2.24) is 9.29 Å². The molecule has 192 valence electrons. The number of rotatable bonds is 7. The van der Waals surface area contributed by atoms with E-state index in [1.54, 1.807) is 12.1 Å². The van der Waals surface area contributed by atoms with Crippen LogP contribution >= 0.6 is 11.3 Å². The van der Waals surface area contributed by atoms with Crippen LogP contribution in [0, 0.1) is 0 Å². The normalized spacial score (nSPS) is 13.2. The highest BCUT2D eigenvalue weighted by Gasteiger charge is 2.27. The van der Waals surface area contributed by atoms with Gasteiger partial charge >= 0.3 is 0 Å². The first-order chi connectivity index (χ1) is 18.3. The number of hydrogen-bond acceptors (Lipinski definition) is 5. The van der Waals surface area contributed by atoms with E-state index in [4.69, 9.17) is 4.98 Å². The highest BCUT2D eigenvalue weighted by Crippen LogP contribution is 2.39. The summed E-state index contributed by atoms with van der Waals surface area (Å²) in [5.74, 6) is -0.324. The van der Waals surface area contributed by atoms with E-state index in [1.165, 1.54) is 44.3 Å². The summed E-state index contributed by atoms with van der Waals surface area (Å²) in [6, 6.07) is 23.9. The van der Waals surface area contributed by atoms with Crippen LogP contribution in [0.3, 0.4) is 0 Å². The Balaban J connectivity index is 1.23. The van der Waals surface area contributed by atoms with Gasteiger partial charge in [-0.25, -0.2) is 13.4 Å². The van der Waals surface area contributed by atoms with Crippen LogP contribution in [0.4, 0.5) is 5.13 Å². The Labute approximate surface area is 226 Å². The SMILES string of the molecule is CC(C)N(Cc1ccccc1)S(=O)(=O)c1ccc(C(=O)Nc2nc3c(cc4c5c(cccc53)CC4)s2)cc1. The van der Waals surface area contributed by atoms with Gasteiger partial charge in [-0.15, -0.1) is 0 Å². The number of hydrogen-bond donors (Lipinski definition) is 1. The first-order valence-corrected chi connectivity index (χ1v) is 14.9. The molecule has 0 bridgehead atoms. The molecule has 1 aromatic heterocycles. The summed E-state index contributed by atoms with van der Waals surface area (Å²) >= 11 is 1.46. The fourth-order valence-electron chi connectivity index (χ4n) is 5.15. The van der Waals surface area contributed by atoms with Crippen LogP contribution in [0.15, 0.2) is 83.8 Å². The number of nitrogens with one attached hydrogen (secondary N) is 1. The number of aryl methyl sites for hydroxylation is 2. The second-order valence-electron chi connectivity index (χ2n) is 9.85. The molecule has 1 heterocycles. The van der Waals surface area contributed by atoms with E-state index in [2.05, 4.69) is 29.6 Å². The summed E-state index contributed by atoms with van der Waals surface area (Å²) in [5.41, 5.74) is 4.88. The number of sulfonamides is 1. The Morgan fingerprint density at radius 3 is 2.45 bits per heavy atom. The van der Waals surface area contributed by atoms with Gasteiger partial charge in [0.2, 0.25) is 10.0 Å². The minimum Gasteiger partial charge on any atom is -0.298 e. The Kier molecular flexibility index (Phi) is 6.26. The summed E-state index contributed by atoms with van der Waals surface area (Å²) in [6.45, 7) is 3.99. The number of fused-ring (bicyclic) bond motifs is 2. The molecule has 1 amide bonds. The van der Waals surface area contributed by atoms with E-state index in [1.807, 2.05) is 44.2 Å². The third-order valence-corrected chi connectivity index (χ3v) is 10.0. The van der Waals surface area contributed by atoms with Gasteiger partial charge < -0.3 is 0 Å². The van der Waals surface area contributed by atoms with Gasteiger partial charge in [-0.2, -0.15) is 4.31 Å². The molecular weight excluding hydrogens is 514 g/mol. The molecule has 0 spiro atoms. The fourth-order valence-corrected chi connectivity index (χ4v) is 7.72. The van der Waals surface area contributed by atoms with Crippen LogP contribution in [0.5, 0.6) is 0 Å². The smallest absolute Gasteiger partial charge is 0.257 e. The minimum atomic E-state index is -3.75. The van der Waals surface area contributed by atoms with Gasteiger partial charge in [0.1, 0.15) is 0 Å². The van der Waals surface area contributed by atoms with Crippen molar-refractivity contribution >= 4 is 53.4 Å². The first-order valence-electron chi connectivity index (χ1n) is 12.6. The Morgan fingerprint density at radius 2 is 1.71 bits per heavy atom. The molecule has 0 fully saturated rings. The first kappa shape index (κ1) is 24.7. The van der Waals surface area contributed by atoms with Gasteiger partial charge in [0.25, 0.3) is 5.91 Å². The molecule has 6 nitrogen and oxygen atoms in total. The molecular formula is C30H27N3O3S2. The molecule has 1 N–H and O–H groups in total. The number of aromatic nitrogens is 1.